The minimum atomic E-state index is -3.46. The normalized spacial score (nSPS) is 24.2. The van der Waals surface area contributed by atoms with Crippen molar-refractivity contribution in [2.45, 2.75) is 23.0 Å². The van der Waals surface area contributed by atoms with Gasteiger partial charge >= 0.3 is 0 Å². The van der Waals surface area contributed by atoms with Crippen LogP contribution in [0.4, 0.5) is 4.39 Å². The molecule has 0 saturated heterocycles. The number of aryl methyl sites for hydroxylation is 1. The van der Waals surface area contributed by atoms with Crippen molar-refractivity contribution in [2.24, 2.45) is 11.7 Å². The smallest absolute Gasteiger partial charge is 0.182 e. The second-order valence-corrected chi connectivity index (χ2v) is 7.91. The van der Waals surface area contributed by atoms with Gasteiger partial charge in [-0.3, -0.25) is 0 Å². The van der Waals surface area contributed by atoms with Crippen LogP contribution in [0.1, 0.15) is 17.0 Å². The van der Waals surface area contributed by atoms with Crippen molar-refractivity contribution >= 4 is 9.84 Å². The van der Waals surface area contributed by atoms with Crippen molar-refractivity contribution < 1.29 is 12.8 Å². The summed E-state index contributed by atoms with van der Waals surface area (Å²) in [6.45, 7) is 2.18. The van der Waals surface area contributed by atoms with E-state index < -0.39 is 15.1 Å². The van der Waals surface area contributed by atoms with Crippen LogP contribution in [0.15, 0.2) is 53.4 Å². The highest BCUT2D eigenvalue weighted by atomic mass is 32.2. The fraction of sp³-hybridized carbons (Fsp3) is 0.294. The Morgan fingerprint density at radius 2 is 1.82 bits per heavy atom. The molecule has 3 atom stereocenters. The fourth-order valence-corrected chi connectivity index (χ4v) is 5.31. The highest BCUT2D eigenvalue weighted by molar-refractivity contribution is 7.92. The SMILES string of the molecule is Cc1ccc(S(=O)(=O)[C@H]2[C@H](CN)[C@@H]2c2cccc(F)c2)cc1. The Kier molecular flexibility index (Phi) is 3.78. The molecule has 0 unspecified atom stereocenters. The van der Waals surface area contributed by atoms with Gasteiger partial charge < -0.3 is 5.73 Å². The molecule has 22 heavy (non-hydrogen) atoms. The largest absolute Gasteiger partial charge is 0.330 e. The van der Waals surface area contributed by atoms with Crippen LogP contribution >= 0.6 is 0 Å². The molecular formula is C17H18FNO2S. The Bertz CT molecular complexity index is 787. The number of nitrogens with two attached hydrogens (primary N) is 1. The van der Waals surface area contributed by atoms with Gasteiger partial charge in [0.2, 0.25) is 0 Å². The highest BCUT2D eigenvalue weighted by Gasteiger charge is 2.58. The van der Waals surface area contributed by atoms with Crippen molar-refractivity contribution in [2.75, 3.05) is 6.54 Å². The number of hydrogen-bond donors (Lipinski definition) is 1. The lowest BCUT2D eigenvalue weighted by atomic mass is 10.1. The summed E-state index contributed by atoms with van der Waals surface area (Å²) < 4.78 is 39.0. The average molecular weight is 319 g/mol. The van der Waals surface area contributed by atoms with E-state index in [0.29, 0.717) is 10.5 Å². The molecule has 1 fully saturated rings. The average Bonchev–Trinajstić information content (AvgIpc) is 3.23. The quantitative estimate of drug-likeness (QED) is 0.942. The number of halogens is 1. The number of hydrogen-bond acceptors (Lipinski definition) is 3. The summed E-state index contributed by atoms with van der Waals surface area (Å²) in [6.07, 6.45) is 0. The maximum atomic E-state index is 13.4. The van der Waals surface area contributed by atoms with Gasteiger partial charge in [0.1, 0.15) is 5.82 Å². The fourth-order valence-electron chi connectivity index (χ4n) is 3.08. The minimum Gasteiger partial charge on any atom is -0.330 e. The molecule has 0 bridgehead atoms. The van der Waals surface area contributed by atoms with Crippen molar-refractivity contribution in [1.82, 2.24) is 0 Å². The van der Waals surface area contributed by atoms with Crippen LogP contribution in [0.3, 0.4) is 0 Å². The molecular weight excluding hydrogens is 301 g/mol. The first-order valence-electron chi connectivity index (χ1n) is 7.21. The molecule has 0 heterocycles. The van der Waals surface area contributed by atoms with E-state index in [1.54, 1.807) is 36.4 Å². The predicted molar refractivity (Wildman–Crippen MR) is 83.8 cm³/mol. The van der Waals surface area contributed by atoms with E-state index in [1.807, 2.05) is 6.92 Å². The van der Waals surface area contributed by atoms with Crippen molar-refractivity contribution in [1.29, 1.82) is 0 Å². The van der Waals surface area contributed by atoms with Crippen LogP contribution < -0.4 is 5.73 Å². The molecule has 1 aliphatic rings. The molecule has 0 spiro atoms. The third kappa shape index (κ3) is 2.55. The summed E-state index contributed by atoms with van der Waals surface area (Å²) in [7, 11) is -3.46. The zero-order valence-corrected chi connectivity index (χ0v) is 13.1. The third-order valence-electron chi connectivity index (χ3n) is 4.31. The van der Waals surface area contributed by atoms with Crippen LogP contribution in [0.2, 0.25) is 0 Å². The Hall–Kier alpha value is -1.72. The topological polar surface area (TPSA) is 60.2 Å². The molecule has 0 radical (unpaired) electrons. The first-order valence-corrected chi connectivity index (χ1v) is 8.76. The van der Waals surface area contributed by atoms with Crippen molar-refractivity contribution in [3.8, 4) is 0 Å². The molecule has 0 aromatic heterocycles. The van der Waals surface area contributed by atoms with E-state index >= 15 is 0 Å². The Balaban J connectivity index is 1.95. The molecule has 3 rings (SSSR count). The number of benzene rings is 2. The van der Waals surface area contributed by atoms with E-state index in [-0.39, 0.29) is 24.2 Å². The van der Waals surface area contributed by atoms with Crippen LogP contribution in [0, 0.1) is 18.7 Å². The molecule has 2 aromatic rings. The minimum absolute atomic E-state index is 0.159. The molecule has 1 saturated carbocycles. The second-order valence-electron chi connectivity index (χ2n) is 5.80. The molecule has 1 aliphatic carbocycles. The van der Waals surface area contributed by atoms with Gasteiger partial charge in [0, 0.05) is 5.92 Å². The zero-order valence-electron chi connectivity index (χ0n) is 12.2. The highest BCUT2D eigenvalue weighted by Crippen LogP contribution is 2.53. The molecule has 0 aliphatic heterocycles. The molecule has 2 N–H and O–H groups in total. The van der Waals surface area contributed by atoms with Gasteiger partial charge in [0.15, 0.2) is 9.84 Å². The molecule has 5 heteroatoms. The summed E-state index contributed by atoms with van der Waals surface area (Å²) in [5.74, 6) is -0.744. The molecule has 2 aromatic carbocycles. The second kappa shape index (κ2) is 5.48. The van der Waals surface area contributed by atoms with Gasteiger partial charge in [-0.15, -0.1) is 0 Å². The summed E-state index contributed by atoms with van der Waals surface area (Å²) >= 11 is 0. The van der Waals surface area contributed by atoms with E-state index in [1.165, 1.54) is 12.1 Å². The van der Waals surface area contributed by atoms with E-state index in [9.17, 15) is 12.8 Å². The lowest BCUT2D eigenvalue weighted by Gasteiger charge is -2.05. The van der Waals surface area contributed by atoms with Crippen LogP contribution in [-0.2, 0) is 9.84 Å². The standard InChI is InChI=1S/C17H18FNO2S/c1-11-5-7-14(8-6-11)22(20,21)17-15(10-19)16(17)12-3-2-4-13(18)9-12/h2-9,15-17H,10,19H2,1H3/t15-,16+,17+/m1/s1. The summed E-state index contributed by atoms with van der Waals surface area (Å²) in [6, 6.07) is 12.9. The van der Waals surface area contributed by atoms with Gasteiger partial charge in [0.25, 0.3) is 0 Å². The molecule has 0 amide bonds. The maximum Gasteiger partial charge on any atom is 0.182 e. The molecule has 3 nitrogen and oxygen atoms in total. The Morgan fingerprint density at radius 1 is 1.14 bits per heavy atom. The van der Waals surface area contributed by atoms with Crippen LogP contribution in [-0.4, -0.2) is 20.2 Å². The lowest BCUT2D eigenvalue weighted by Crippen LogP contribution is -2.13. The lowest BCUT2D eigenvalue weighted by molar-refractivity contribution is 0.591. The first kappa shape index (κ1) is 15.2. The first-order chi connectivity index (χ1) is 10.4. The van der Waals surface area contributed by atoms with Gasteiger partial charge in [-0.25, -0.2) is 12.8 Å². The van der Waals surface area contributed by atoms with Crippen molar-refractivity contribution in [3.05, 3.63) is 65.5 Å². The van der Waals surface area contributed by atoms with Gasteiger partial charge in [-0.1, -0.05) is 29.8 Å². The predicted octanol–water partition coefficient (Wildman–Crippen LogP) is 2.65. The Morgan fingerprint density at radius 3 is 2.41 bits per heavy atom. The van der Waals surface area contributed by atoms with Crippen LogP contribution in [0.25, 0.3) is 0 Å². The summed E-state index contributed by atoms with van der Waals surface area (Å²) in [5, 5.41) is -0.568. The van der Waals surface area contributed by atoms with Gasteiger partial charge in [-0.2, -0.15) is 0 Å². The van der Waals surface area contributed by atoms with Gasteiger partial charge in [-0.05, 0) is 49.2 Å². The molecule has 116 valence electrons. The Labute approximate surface area is 129 Å². The monoisotopic (exact) mass is 319 g/mol. The number of rotatable bonds is 4. The number of sulfone groups is 1. The summed E-state index contributed by atoms with van der Waals surface area (Å²) in [4.78, 5) is 0.306. The van der Waals surface area contributed by atoms with Crippen LogP contribution in [0.5, 0.6) is 0 Å². The summed E-state index contributed by atoms with van der Waals surface area (Å²) in [5.41, 5.74) is 7.44. The van der Waals surface area contributed by atoms with Crippen molar-refractivity contribution in [3.63, 3.8) is 0 Å². The van der Waals surface area contributed by atoms with E-state index in [0.717, 1.165) is 5.56 Å². The third-order valence-corrected chi connectivity index (χ3v) is 6.60. The van der Waals surface area contributed by atoms with E-state index in [2.05, 4.69) is 0 Å². The maximum absolute atomic E-state index is 13.4. The van der Waals surface area contributed by atoms with E-state index in [4.69, 9.17) is 5.73 Å². The zero-order chi connectivity index (χ0) is 15.9. The van der Waals surface area contributed by atoms with Gasteiger partial charge in [0.05, 0.1) is 10.1 Å².